The van der Waals surface area contributed by atoms with Gasteiger partial charge in [0.05, 0.1) is 0 Å². The van der Waals surface area contributed by atoms with Gasteiger partial charge in [0, 0.05) is 12.7 Å². The highest BCUT2D eigenvalue weighted by atomic mass is 16.2. The van der Waals surface area contributed by atoms with Crippen LogP contribution in [0.4, 0.5) is 0 Å². The summed E-state index contributed by atoms with van der Waals surface area (Å²) in [6, 6.07) is 1.57. The number of nitrogens with one attached hydrogen (secondary N) is 2. The van der Waals surface area contributed by atoms with E-state index < -0.39 is 0 Å². The van der Waals surface area contributed by atoms with Crippen LogP contribution in [0.25, 0.3) is 0 Å². The Labute approximate surface area is 76.0 Å². The second-order valence-electron chi connectivity index (χ2n) is 2.78. The highest BCUT2D eigenvalue weighted by Gasteiger charge is 2.08. The van der Waals surface area contributed by atoms with Gasteiger partial charge >= 0.3 is 0 Å². The Bertz CT molecular complexity index is 368. The van der Waals surface area contributed by atoms with E-state index in [0.717, 1.165) is 5.56 Å². The molecule has 0 unspecified atom stereocenters. The summed E-state index contributed by atoms with van der Waals surface area (Å²) in [5.41, 5.74) is 0.680. The minimum Gasteiger partial charge on any atom is -0.352 e. The average Bonchev–Trinajstić information content (AvgIpc) is 2.09. The van der Waals surface area contributed by atoms with E-state index in [1.807, 2.05) is 13.8 Å². The molecule has 0 bridgehead atoms. The number of H-pyrrole nitrogens is 1. The Morgan fingerprint density at radius 2 is 2.31 bits per heavy atom. The predicted octanol–water partition coefficient (Wildman–Crippen LogP) is 0.433. The molecule has 4 heteroatoms. The van der Waals surface area contributed by atoms with Crippen molar-refractivity contribution in [3.63, 3.8) is 0 Å². The van der Waals surface area contributed by atoms with Crippen LogP contribution in [0.1, 0.15) is 22.8 Å². The van der Waals surface area contributed by atoms with Gasteiger partial charge in [-0.15, -0.1) is 0 Å². The van der Waals surface area contributed by atoms with E-state index in [-0.39, 0.29) is 17.0 Å². The van der Waals surface area contributed by atoms with Gasteiger partial charge in [0.15, 0.2) is 0 Å². The molecule has 0 aliphatic heterocycles. The molecule has 0 spiro atoms. The van der Waals surface area contributed by atoms with Gasteiger partial charge in [0.1, 0.15) is 5.56 Å². The molecule has 1 aromatic heterocycles. The van der Waals surface area contributed by atoms with Gasteiger partial charge in [-0.25, -0.2) is 0 Å². The van der Waals surface area contributed by atoms with E-state index in [9.17, 15) is 9.59 Å². The van der Waals surface area contributed by atoms with Crippen LogP contribution in [0.2, 0.25) is 0 Å². The topological polar surface area (TPSA) is 62.0 Å². The lowest BCUT2D eigenvalue weighted by Crippen LogP contribution is -2.29. The zero-order valence-corrected chi connectivity index (χ0v) is 7.68. The van der Waals surface area contributed by atoms with E-state index >= 15 is 0 Å². The molecule has 0 aliphatic rings. The Morgan fingerprint density at radius 3 is 2.92 bits per heavy atom. The van der Waals surface area contributed by atoms with Crippen molar-refractivity contribution in [2.24, 2.45) is 0 Å². The summed E-state index contributed by atoms with van der Waals surface area (Å²) in [5, 5.41) is 2.57. The number of carbonyl (C=O) groups is 1. The number of hydrogen-bond acceptors (Lipinski definition) is 2. The van der Waals surface area contributed by atoms with Crippen LogP contribution in [0.5, 0.6) is 0 Å². The third-order valence-electron chi connectivity index (χ3n) is 1.63. The Morgan fingerprint density at radius 1 is 1.62 bits per heavy atom. The minimum atomic E-state index is -0.350. The van der Waals surface area contributed by atoms with E-state index in [4.69, 9.17) is 0 Å². The number of amides is 1. The van der Waals surface area contributed by atoms with E-state index in [1.54, 1.807) is 12.3 Å². The molecule has 13 heavy (non-hydrogen) atoms. The largest absolute Gasteiger partial charge is 0.352 e. The Kier molecular flexibility index (Phi) is 2.84. The van der Waals surface area contributed by atoms with Crippen LogP contribution < -0.4 is 10.9 Å². The van der Waals surface area contributed by atoms with Gasteiger partial charge in [-0.05, 0) is 25.5 Å². The summed E-state index contributed by atoms with van der Waals surface area (Å²) >= 11 is 0. The smallest absolute Gasteiger partial charge is 0.260 e. The van der Waals surface area contributed by atoms with Crippen molar-refractivity contribution >= 4 is 5.91 Å². The summed E-state index contributed by atoms with van der Waals surface area (Å²) in [7, 11) is 0. The Hall–Kier alpha value is -1.58. The first kappa shape index (κ1) is 9.51. The van der Waals surface area contributed by atoms with E-state index in [2.05, 4.69) is 10.3 Å². The van der Waals surface area contributed by atoms with Gasteiger partial charge in [0.2, 0.25) is 0 Å². The van der Waals surface area contributed by atoms with Crippen LogP contribution in [-0.4, -0.2) is 17.4 Å². The molecule has 1 amide bonds. The van der Waals surface area contributed by atoms with Crippen LogP contribution >= 0.6 is 0 Å². The summed E-state index contributed by atoms with van der Waals surface area (Å²) < 4.78 is 0. The molecular weight excluding hydrogens is 168 g/mol. The molecule has 0 saturated carbocycles. The first-order valence-electron chi connectivity index (χ1n) is 4.12. The average molecular weight is 180 g/mol. The van der Waals surface area contributed by atoms with Crippen LogP contribution in [0.15, 0.2) is 17.1 Å². The molecule has 1 heterocycles. The fraction of sp³-hybridized carbons (Fsp3) is 0.333. The van der Waals surface area contributed by atoms with E-state index in [1.165, 1.54) is 0 Å². The molecule has 0 saturated heterocycles. The lowest BCUT2D eigenvalue weighted by Gasteiger charge is -2.01. The first-order valence-corrected chi connectivity index (χ1v) is 4.12. The molecule has 70 valence electrons. The molecule has 0 fully saturated rings. The summed E-state index contributed by atoms with van der Waals surface area (Å²) in [6.07, 6.45) is 1.57. The summed E-state index contributed by atoms with van der Waals surface area (Å²) in [6.45, 7) is 4.15. The van der Waals surface area contributed by atoms with Crippen LogP contribution in [0, 0.1) is 6.92 Å². The minimum absolute atomic E-state index is 0.168. The van der Waals surface area contributed by atoms with Crippen LogP contribution in [0.3, 0.4) is 0 Å². The molecule has 0 radical (unpaired) electrons. The summed E-state index contributed by atoms with van der Waals surface area (Å²) in [4.78, 5) is 24.9. The van der Waals surface area contributed by atoms with Crippen molar-refractivity contribution in [3.8, 4) is 0 Å². The number of rotatable bonds is 2. The maximum atomic E-state index is 11.3. The maximum Gasteiger partial charge on any atom is 0.260 e. The molecule has 0 atom stereocenters. The van der Waals surface area contributed by atoms with Gasteiger partial charge in [0.25, 0.3) is 11.5 Å². The highest BCUT2D eigenvalue weighted by molar-refractivity contribution is 5.93. The first-order chi connectivity index (χ1) is 6.15. The van der Waals surface area contributed by atoms with Gasteiger partial charge in [-0.3, -0.25) is 9.59 Å². The van der Waals surface area contributed by atoms with E-state index in [0.29, 0.717) is 6.54 Å². The number of carbonyl (C=O) groups excluding carboxylic acids is 1. The predicted molar refractivity (Wildman–Crippen MR) is 49.8 cm³/mol. The Balaban J connectivity index is 3.06. The van der Waals surface area contributed by atoms with Crippen molar-refractivity contribution in [1.82, 2.24) is 10.3 Å². The number of hydrogen-bond donors (Lipinski definition) is 2. The number of pyridine rings is 1. The second-order valence-corrected chi connectivity index (χ2v) is 2.78. The SMILES string of the molecule is CCNC(=O)c1cc(C)c[nH]c1=O. The van der Waals surface area contributed by atoms with Gasteiger partial charge in [-0.1, -0.05) is 0 Å². The monoisotopic (exact) mass is 180 g/mol. The van der Waals surface area contributed by atoms with Crippen molar-refractivity contribution in [2.45, 2.75) is 13.8 Å². The molecule has 4 nitrogen and oxygen atoms in total. The number of aromatic amines is 1. The van der Waals surface area contributed by atoms with Gasteiger partial charge in [-0.2, -0.15) is 0 Å². The highest BCUT2D eigenvalue weighted by Crippen LogP contribution is 1.95. The molecule has 1 aromatic rings. The molecule has 0 aromatic carbocycles. The summed E-state index contributed by atoms with van der Waals surface area (Å²) in [5.74, 6) is -0.326. The zero-order valence-electron chi connectivity index (χ0n) is 7.68. The quantitative estimate of drug-likeness (QED) is 0.693. The van der Waals surface area contributed by atoms with Crippen molar-refractivity contribution in [1.29, 1.82) is 0 Å². The lowest BCUT2D eigenvalue weighted by atomic mass is 10.2. The fourth-order valence-electron chi connectivity index (χ4n) is 1.02. The van der Waals surface area contributed by atoms with Crippen molar-refractivity contribution in [2.75, 3.05) is 6.54 Å². The number of aryl methyl sites for hydroxylation is 1. The zero-order chi connectivity index (χ0) is 9.84. The standard InChI is InChI=1S/C9H12N2O2/c1-3-10-8(12)7-4-6(2)5-11-9(7)13/h4-5H,3H2,1-2H3,(H,10,12)(H,11,13). The molecule has 0 aliphatic carbocycles. The fourth-order valence-corrected chi connectivity index (χ4v) is 1.02. The van der Waals surface area contributed by atoms with Crippen LogP contribution in [-0.2, 0) is 0 Å². The second kappa shape index (κ2) is 3.89. The third kappa shape index (κ3) is 2.18. The normalized spacial score (nSPS) is 9.69. The molecular formula is C9H12N2O2. The van der Waals surface area contributed by atoms with Gasteiger partial charge < -0.3 is 10.3 Å². The molecule has 2 N–H and O–H groups in total. The maximum absolute atomic E-state index is 11.3. The number of aromatic nitrogens is 1. The van der Waals surface area contributed by atoms with Crippen molar-refractivity contribution in [3.05, 3.63) is 33.7 Å². The third-order valence-corrected chi connectivity index (χ3v) is 1.63. The lowest BCUT2D eigenvalue weighted by molar-refractivity contribution is 0.0954. The molecule has 1 rings (SSSR count). The van der Waals surface area contributed by atoms with Crippen molar-refractivity contribution < 1.29 is 4.79 Å².